The van der Waals surface area contributed by atoms with Gasteiger partial charge >= 0.3 is 0 Å². The molecule has 21 heavy (non-hydrogen) atoms. The van der Waals surface area contributed by atoms with Crippen molar-refractivity contribution < 1.29 is 0 Å². The third-order valence-electron chi connectivity index (χ3n) is 5.63. The zero-order valence-corrected chi connectivity index (χ0v) is 15.7. The smallest absolute Gasteiger partial charge is 0.0252 e. The molecule has 1 N–H and O–H groups in total. The van der Waals surface area contributed by atoms with Crippen LogP contribution in [-0.2, 0) is 0 Å². The zero-order valence-electron chi connectivity index (χ0n) is 15.7. The quantitative estimate of drug-likeness (QED) is 0.741. The molecular formula is C19H40N2. The van der Waals surface area contributed by atoms with Crippen molar-refractivity contribution in [2.45, 2.75) is 86.2 Å². The highest BCUT2D eigenvalue weighted by Gasteiger charge is 2.37. The molecule has 2 nitrogen and oxygen atoms in total. The molecule has 1 aliphatic rings. The lowest BCUT2D eigenvalue weighted by Gasteiger charge is -2.47. The highest BCUT2D eigenvalue weighted by Crippen LogP contribution is 2.39. The van der Waals surface area contributed by atoms with E-state index in [1.54, 1.807) is 0 Å². The molecule has 0 aromatic heterocycles. The standard InChI is InChI=1S/C19H40N2/c1-8-15(4)14-21(10-3)18-13-16(19(5,6)7)11-12-17(18)20-9-2/h15-18,20H,8-14H2,1-7H3. The molecule has 0 aliphatic heterocycles. The summed E-state index contributed by atoms with van der Waals surface area (Å²) in [6, 6.07) is 1.42. The van der Waals surface area contributed by atoms with Gasteiger partial charge in [0.05, 0.1) is 0 Å². The second-order valence-electron chi connectivity index (χ2n) is 8.21. The first kappa shape index (κ1) is 19.0. The van der Waals surface area contributed by atoms with Gasteiger partial charge in [0.1, 0.15) is 0 Å². The zero-order chi connectivity index (χ0) is 16.0. The summed E-state index contributed by atoms with van der Waals surface area (Å²) in [5.41, 5.74) is 0.450. The van der Waals surface area contributed by atoms with Crippen molar-refractivity contribution in [1.29, 1.82) is 0 Å². The SMILES string of the molecule is CCNC1CCC(C(C)(C)C)CC1N(CC)CC(C)CC. The Balaban J connectivity index is 2.81. The molecule has 0 aromatic rings. The second-order valence-corrected chi connectivity index (χ2v) is 8.21. The normalized spacial score (nSPS) is 28.9. The van der Waals surface area contributed by atoms with Crippen molar-refractivity contribution in [1.82, 2.24) is 10.2 Å². The fourth-order valence-electron chi connectivity index (χ4n) is 3.87. The van der Waals surface area contributed by atoms with E-state index in [1.807, 2.05) is 0 Å². The molecule has 0 aromatic carbocycles. The third kappa shape index (κ3) is 5.56. The topological polar surface area (TPSA) is 15.3 Å². The predicted molar refractivity (Wildman–Crippen MR) is 94.8 cm³/mol. The number of hydrogen-bond acceptors (Lipinski definition) is 2. The molecule has 0 bridgehead atoms. The first-order chi connectivity index (χ1) is 9.83. The van der Waals surface area contributed by atoms with Crippen LogP contribution in [-0.4, -0.2) is 36.6 Å². The van der Waals surface area contributed by atoms with Gasteiger partial charge in [0.25, 0.3) is 0 Å². The van der Waals surface area contributed by atoms with Crippen LogP contribution in [0.25, 0.3) is 0 Å². The van der Waals surface area contributed by atoms with Gasteiger partial charge in [-0.1, -0.05) is 54.9 Å². The summed E-state index contributed by atoms with van der Waals surface area (Å²) in [5.74, 6) is 1.67. The van der Waals surface area contributed by atoms with Gasteiger partial charge in [0, 0.05) is 18.6 Å². The summed E-state index contributed by atoms with van der Waals surface area (Å²) in [5, 5.41) is 3.77. The fraction of sp³-hybridized carbons (Fsp3) is 1.00. The maximum Gasteiger partial charge on any atom is 0.0252 e. The summed E-state index contributed by atoms with van der Waals surface area (Å²) >= 11 is 0. The Labute approximate surface area is 134 Å². The minimum Gasteiger partial charge on any atom is -0.313 e. The first-order valence-electron chi connectivity index (χ1n) is 9.30. The Hall–Kier alpha value is -0.0800. The first-order valence-corrected chi connectivity index (χ1v) is 9.30. The number of hydrogen-bond donors (Lipinski definition) is 1. The average Bonchev–Trinajstić information content (AvgIpc) is 2.44. The molecule has 0 heterocycles. The highest BCUT2D eigenvalue weighted by molar-refractivity contribution is 4.94. The molecule has 4 unspecified atom stereocenters. The van der Waals surface area contributed by atoms with Gasteiger partial charge in [-0.05, 0) is 49.6 Å². The molecule has 0 saturated heterocycles. The lowest BCUT2D eigenvalue weighted by atomic mass is 9.69. The molecule has 126 valence electrons. The van der Waals surface area contributed by atoms with Gasteiger partial charge in [-0.3, -0.25) is 4.90 Å². The monoisotopic (exact) mass is 296 g/mol. The van der Waals surface area contributed by atoms with Gasteiger partial charge in [-0.2, -0.15) is 0 Å². The van der Waals surface area contributed by atoms with Crippen LogP contribution in [0.3, 0.4) is 0 Å². The molecule has 1 saturated carbocycles. The number of likely N-dealkylation sites (N-methyl/N-ethyl adjacent to an activating group) is 2. The molecule has 0 radical (unpaired) electrons. The van der Waals surface area contributed by atoms with E-state index in [9.17, 15) is 0 Å². The molecule has 2 heteroatoms. The van der Waals surface area contributed by atoms with Gasteiger partial charge in [-0.25, -0.2) is 0 Å². The maximum absolute atomic E-state index is 3.77. The van der Waals surface area contributed by atoms with E-state index in [-0.39, 0.29) is 0 Å². The summed E-state index contributed by atoms with van der Waals surface area (Å²) in [7, 11) is 0. The molecule has 4 atom stereocenters. The van der Waals surface area contributed by atoms with Crippen LogP contribution in [0.2, 0.25) is 0 Å². The number of rotatable bonds is 7. The molecule has 1 rings (SSSR count). The molecule has 0 amide bonds. The Bertz CT molecular complexity index is 282. The van der Waals surface area contributed by atoms with Crippen molar-refractivity contribution in [3.63, 3.8) is 0 Å². The van der Waals surface area contributed by atoms with E-state index in [2.05, 4.69) is 58.7 Å². The van der Waals surface area contributed by atoms with Crippen LogP contribution in [0.4, 0.5) is 0 Å². The summed E-state index contributed by atoms with van der Waals surface area (Å²) in [6.07, 6.45) is 5.39. The van der Waals surface area contributed by atoms with Crippen LogP contribution in [0, 0.1) is 17.3 Å². The largest absolute Gasteiger partial charge is 0.313 e. The van der Waals surface area contributed by atoms with Crippen molar-refractivity contribution in [3.8, 4) is 0 Å². The molecule has 1 aliphatic carbocycles. The second kappa shape index (κ2) is 8.53. The van der Waals surface area contributed by atoms with E-state index < -0.39 is 0 Å². The molecule has 1 fully saturated rings. The van der Waals surface area contributed by atoms with Crippen LogP contribution in [0.1, 0.15) is 74.1 Å². The summed E-state index contributed by atoms with van der Waals surface area (Å²) in [4.78, 5) is 2.76. The molecular weight excluding hydrogens is 256 g/mol. The van der Waals surface area contributed by atoms with E-state index in [4.69, 9.17) is 0 Å². The van der Waals surface area contributed by atoms with E-state index in [0.717, 1.165) is 24.4 Å². The van der Waals surface area contributed by atoms with Crippen molar-refractivity contribution >= 4 is 0 Å². The highest BCUT2D eigenvalue weighted by atomic mass is 15.2. The third-order valence-corrected chi connectivity index (χ3v) is 5.63. The molecule has 0 spiro atoms. The van der Waals surface area contributed by atoms with E-state index in [1.165, 1.54) is 38.8 Å². The van der Waals surface area contributed by atoms with Crippen LogP contribution in [0.5, 0.6) is 0 Å². The van der Waals surface area contributed by atoms with Gasteiger partial charge < -0.3 is 5.32 Å². The lowest BCUT2D eigenvalue weighted by Crippen LogP contribution is -2.55. The average molecular weight is 297 g/mol. The van der Waals surface area contributed by atoms with E-state index in [0.29, 0.717) is 11.5 Å². The van der Waals surface area contributed by atoms with Gasteiger partial charge in [0.15, 0.2) is 0 Å². The Morgan fingerprint density at radius 3 is 2.29 bits per heavy atom. The predicted octanol–water partition coefficient (Wildman–Crippen LogP) is 4.55. The Kier molecular flexibility index (Phi) is 7.70. The van der Waals surface area contributed by atoms with E-state index >= 15 is 0 Å². The fourth-order valence-corrected chi connectivity index (χ4v) is 3.87. The maximum atomic E-state index is 3.77. The van der Waals surface area contributed by atoms with Crippen molar-refractivity contribution in [2.75, 3.05) is 19.6 Å². The number of nitrogens with one attached hydrogen (secondary N) is 1. The summed E-state index contributed by atoms with van der Waals surface area (Å²) in [6.45, 7) is 20.1. The Morgan fingerprint density at radius 2 is 1.81 bits per heavy atom. The van der Waals surface area contributed by atoms with Gasteiger partial charge in [0.2, 0.25) is 0 Å². The van der Waals surface area contributed by atoms with Crippen LogP contribution < -0.4 is 5.32 Å². The van der Waals surface area contributed by atoms with Crippen molar-refractivity contribution in [3.05, 3.63) is 0 Å². The minimum absolute atomic E-state index is 0.450. The van der Waals surface area contributed by atoms with Crippen LogP contribution in [0.15, 0.2) is 0 Å². The summed E-state index contributed by atoms with van der Waals surface area (Å²) < 4.78 is 0. The van der Waals surface area contributed by atoms with Crippen molar-refractivity contribution in [2.24, 2.45) is 17.3 Å². The number of nitrogens with zero attached hydrogens (tertiary/aromatic N) is 1. The Morgan fingerprint density at radius 1 is 1.14 bits per heavy atom. The lowest BCUT2D eigenvalue weighted by molar-refractivity contribution is 0.0534. The minimum atomic E-state index is 0.450. The van der Waals surface area contributed by atoms with Crippen LogP contribution >= 0.6 is 0 Å². The van der Waals surface area contributed by atoms with Gasteiger partial charge in [-0.15, -0.1) is 0 Å².